The maximum absolute atomic E-state index is 13.4. The van der Waals surface area contributed by atoms with Gasteiger partial charge in [0.15, 0.2) is 5.54 Å². The molecule has 8 heteroatoms. The average molecular weight is 325 g/mol. The molecule has 126 valence electrons. The second-order valence-electron chi connectivity index (χ2n) is 4.69. The first kappa shape index (κ1) is 18.4. The Hall–Kier alpha value is -2.64. The van der Waals surface area contributed by atoms with Crippen LogP contribution < -0.4 is 10.7 Å². The van der Waals surface area contributed by atoms with Gasteiger partial charge in [-0.25, -0.2) is 19.4 Å². The Morgan fingerprint density at radius 2 is 2.00 bits per heavy atom. The Kier molecular flexibility index (Phi) is 6.49. The predicted octanol–water partition coefficient (Wildman–Crippen LogP) is 2.29. The molecule has 1 aromatic rings. The fraction of sp³-hybridized carbons (Fsp3) is 0.400. The number of nitrogens with zero attached hydrogens (tertiary/aromatic N) is 1. The van der Waals surface area contributed by atoms with Crippen LogP contribution in [0.2, 0.25) is 0 Å². The molecule has 0 aliphatic heterocycles. The van der Waals surface area contributed by atoms with Crippen molar-refractivity contribution < 1.29 is 23.5 Å². The third-order valence-electron chi connectivity index (χ3n) is 3.36. The molecule has 0 heterocycles. The van der Waals surface area contributed by atoms with Crippen molar-refractivity contribution in [2.24, 2.45) is 5.10 Å². The lowest BCUT2D eigenvalue weighted by molar-refractivity contribution is -0.143. The molecule has 0 bridgehead atoms. The minimum atomic E-state index is -1.36. The summed E-state index contributed by atoms with van der Waals surface area (Å²) in [7, 11) is 2.43. The highest BCUT2D eigenvalue weighted by Crippen LogP contribution is 2.23. The Bertz CT molecular complexity index is 606. The van der Waals surface area contributed by atoms with Gasteiger partial charge in [-0.15, -0.1) is 0 Å². The van der Waals surface area contributed by atoms with Gasteiger partial charge < -0.3 is 14.8 Å². The lowest BCUT2D eigenvalue weighted by Crippen LogP contribution is -2.53. The quantitative estimate of drug-likeness (QED) is 0.476. The second-order valence-corrected chi connectivity index (χ2v) is 4.69. The average Bonchev–Trinajstić information content (AvgIpc) is 2.56. The molecular formula is C15H20FN3O4. The maximum atomic E-state index is 13.4. The summed E-state index contributed by atoms with van der Waals surface area (Å²) in [4.78, 5) is 23.5. The van der Waals surface area contributed by atoms with Crippen LogP contribution in [0.3, 0.4) is 0 Å². The van der Waals surface area contributed by atoms with E-state index in [0.29, 0.717) is 5.69 Å². The highest BCUT2D eigenvalue weighted by Gasteiger charge is 2.41. The van der Waals surface area contributed by atoms with E-state index in [1.807, 2.05) is 0 Å². The number of ether oxygens (including phenoxy) is 2. The molecule has 2 N–H and O–H groups in total. The molecule has 1 aromatic carbocycles. The summed E-state index contributed by atoms with van der Waals surface area (Å²) >= 11 is 0. The monoisotopic (exact) mass is 325 g/mol. The van der Waals surface area contributed by atoms with Gasteiger partial charge in [0.25, 0.3) is 0 Å². The van der Waals surface area contributed by atoms with Crippen LogP contribution in [0.15, 0.2) is 29.4 Å². The van der Waals surface area contributed by atoms with Gasteiger partial charge in [0.05, 0.1) is 19.9 Å². The first-order chi connectivity index (χ1) is 10.9. The van der Waals surface area contributed by atoms with Crippen molar-refractivity contribution in [2.75, 3.05) is 19.5 Å². The molecule has 0 aliphatic rings. The standard InChI is InChI=1S/C15H20FN3O4/c1-5-15(13(20)22-3,10(2)18-19-14(21)23-4)17-12-8-6-7-11(16)9-12/h6-9,17H,5H2,1-4H3,(H,19,21). The van der Waals surface area contributed by atoms with Crippen molar-refractivity contribution in [3.8, 4) is 0 Å². The zero-order valence-corrected chi connectivity index (χ0v) is 13.5. The lowest BCUT2D eigenvalue weighted by Gasteiger charge is -2.31. The van der Waals surface area contributed by atoms with Crippen molar-refractivity contribution in [3.05, 3.63) is 30.1 Å². The van der Waals surface area contributed by atoms with Gasteiger partial charge in [0.1, 0.15) is 5.82 Å². The number of esters is 1. The van der Waals surface area contributed by atoms with Crippen LogP contribution in [-0.2, 0) is 14.3 Å². The third kappa shape index (κ3) is 4.41. The topological polar surface area (TPSA) is 89.0 Å². The molecule has 23 heavy (non-hydrogen) atoms. The third-order valence-corrected chi connectivity index (χ3v) is 3.36. The van der Waals surface area contributed by atoms with Gasteiger partial charge in [-0.05, 0) is 31.5 Å². The minimum absolute atomic E-state index is 0.238. The molecule has 0 radical (unpaired) electrons. The fourth-order valence-electron chi connectivity index (χ4n) is 2.04. The van der Waals surface area contributed by atoms with Gasteiger partial charge >= 0.3 is 12.1 Å². The van der Waals surface area contributed by atoms with E-state index in [0.717, 1.165) is 0 Å². The Morgan fingerprint density at radius 1 is 1.30 bits per heavy atom. The van der Waals surface area contributed by atoms with E-state index in [1.54, 1.807) is 19.9 Å². The minimum Gasteiger partial charge on any atom is -0.467 e. The normalized spacial score (nSPS) is 13.7. The van der Waals surface area contributed by atoms with Crippen LogP contribution in [0.25, 0.3) is 0 Å². The van der Waals surface area contributed by atoms with E-state index in [-0.39, 0.29) is 12.1 Å². The highest BCUT2D eigenvalue weighted by molar-refractivity contribution is 6.12. The number of carbonyl (C=O) groups is 2. The van der Waals surface area contributed by atoms with Crippen molar-refractivity contribution in [1.29, 1.82) is 0 Å². The Morgan fingerprint density at radius 3 is 2.52 bits per heavy atom. The summed E-state index contributed by atoms with van der Waals surface area (Å²) < 4.78 is 22.6. The lowest BCUT2D eigenvalue weighted by atomic mass is 9.90. The number of hydrogen-bond donors (Lipinski definition) is 2. The van der Waals surface area contributed by atoms with Crippen LogP contribution >= 0.6 is 0 Å². The Balaban J connectivity index is 3.21. The van der Waals surface area contributed by atoms with E-state index in [4.69, 9.17) is 4.74 Å². The van der Waals surface area contributed by atoms with Crippen LogP contribution in [-0.4, -0.2) is 37.5 Å². The number of amides is 1. The summed E-state index contributed by atoms with van der Waals surface area (Å²) in [5.74, 6) is -1.07. The number of hydrazone groups is 1. The van der Waals surface area contributed by atoms with Gasteiger partial charge in [-0.1, -0.05) is 13.0 Å². The van der Waals surface area contributed by atoms with Gasteiger partial charge in [-0.2, -0.15) is 5.10 Å². The van der Waals surface area contributed by atoms with Crippen LogP contribution in [0.4, 0.5) is 14.9 Å². The number of hydrogen-bond acceptors (Lipinski definition) is 6. The molecule has 1 unspecified atom stereocenters. The van der Waals surface area contributed by atoms with E-state index in [9.17, 15) is 14.0 Å². The smallest absolute Gasteiger partial charge is 0.427 e. The first-order valence-corrected chi connectivity index (χ1v) is 6.90. The molecule has 1 atom stereocenters. The van der Waals surface area contributed by atoms with E-state index >= 15 is 0 Å². The number of methoxy groups -OCH3 is 2. The zero-order valence-electron chi connectivity index (χ0n) is 13.5. The summed E-state index contributed by atoms with van der Waals surface area (Å²) in [6.07, 6.45) is -0.515. The highest BCUT2D eigenvalue weighted by atomic mass is 19.1. The van der Waals surface area contributed by atoms with Crippen molar-refractivity contribution >= 4 is 23.5 Å². The van der Waals surface area contributed by atoms with Crippen molar-refractivity contribution in [1.82, 2.24) is 5.43 Å². The summed E-state index contributed by atoms with van der Waals surface area (Å²) in [6, 6.07) is 5.65. The molecule has 0 saturated carbocycles. The molecular weight excluding hydrogens is 305 g/mol. The zero-order chi connectivity index (χ0) is 17.5. The molecule has 0 aromatic heterocycles. The molecule has 0 saturated heterocycles. The fourth-order valence-corrected chi connectivity index (χ4v) is 2.04. The van der Waals surface area contributed by atoms with E-state index in [2.05, 4.69) is 20.6 Å². The molecule has 0 spiro atoms. The number of rotatable bonds is 6. The van der Waals surface area contributed by atoms with Gasteiger partial charge in [-0.3, -0.25) is 0 Å². The number of anilines is 1. The van der Waals surface area contributed by atoms with Crippen LogP contribution in [0.5, 0.6) is 0 Å². The molecule has 0 fully saturated rings. The molecule has 1 amide bonds. The van der Waals surface area contributed by atoms with Gasteiger partial charge in [0, 0.05) is 5.69 Å². The predicted molar refractivity (Wildman–Crippen MR) is 83.7 cm³/mol. The van der Waals surface area contributed by atoms with E-state index in [1.165, 1.54) is 32.4 Å². The summed E-state index contributed by atoms with van der Waals surface area (Å²) in [6.45, 7) is 3.28. The molecule has 0 aliphatic carbocycles. The van der Waals surface area contributed by atoms with Crippen molar-refractivity contribution in [3.63, 3.8) is 0 Å². The number of halogens is 1. The van der Waals surface area contributed by atoms with Gasteiger partial charge in [0.2, 0.25) is 0 Å². The Labute approximate surface area is 133 Å². The maximum Gasteiger partial charge on any atom is 0.427 e. The first-order valence-electron chi connectivity index (χ1n) is 6.90. The summed E-state index contributed by atoms with van der Waals surface area (Å²) in [5.41, 5.74) is 1.41. The second kappa shape index (κ2) is 8.11. The SMILES string of the molecule is CCC(Nc1cccc(F)c1)(C(=O)OC)C(C)=NNC(=O)OC. The van der Waals surface area contributed by atoms with Crippen molar-refractivity contribution in [2.45, 2.75) is 25.8 Å². The summed E-state index contributed by atoms with van der Waals surface area (Å²) in [5, 5.41) is 6.80. The van der Waals surface area contributed by atoms with Crippen LogP contribution in [0, 0.1) is 5.82 Å². The number of nitrogens with one attached hydrogen (secondary N) is 2. The molecule has 7 nitrogen and oxygen atoms in total. The number of carbonyl (C=O) groups excluding carboxylic acids is 2. The van der Waals surface area contributed by atoms with Crippen LogP contribution in [0.1, 0.15) is 20.3 Å². The largest absolute Gasteiger partial charge is 0.467 e. The molecule has 1 rings (SSSR count). The van der Waals surface area contributed by atoms with E-state index < -0.39 is 23.4 Å². The number of benzene rings is 1.